The number of quaternary nitrogens is 1. The Morgan fingerprint density at radius 3 is 2.27 bits per heavy atom. The van der Waals surface area contributed by atoms with Crippen LogP contribution in [0.5, 0.6) is 0 Å². The van der Waals surface area contributed by atoms with Crippen molar-refractivity contribution in [3.8, 4) is 0 Å². The lowest BCUT2D eigenvalue weighted by Gasteiger charge is -1.97. The van der Waals surface area contributed by atoms with E-state index in [2.05, 4.69) is 9.47 Å². The third kappa shape index (κ3) is 8.86. The zero-order chi connectivity index (χ0) is 7.98. The molecule has 5 N–H and O–H groups in total. The van der Waals surface area contributed by atoms with E-state index in [1.165, 1.54) is 7.11 Å². The summed E-state index contributed by atoms with van der Waals surface area (Å²) in [6, 6.07) is 0. The predicted molar refractivity (Wildman–Crippen MR) is 36.5 cm³/mol. The van der Waals surface area contributed by atoms with Crippen molar-refractivity contribution < 1.29 is 24.2 Å². The molecule has 0 bridgehead atoms. The molecule has 0 aromatic heterocycles. The first kappa shape index (κ1) is 12.5. The maximum Gasteiger partial charge on any atom is 0.331 e. The van der Waals surface area contributed by atoms with Crippen LogP contribution in [-0.4, -0.2) is 37.4 Å². The standard InChI is InChI=1S/C5H8O5.H3N/c1-9-5(8)3-10-2-4(6)7;/h2-3H2,1H3,(H,6,7);1H3/p+1. The summed E-state index contributed by atoms with van der Waals surface area (Å²) in [7, 11) is 1.20. The highest BCUT2D eigenvalue weighted by atomic mass is 16.6. The van der Waals surface area contributed by atoms with Crippen LogP contribution in [-0.2, 0) is 19.1 Å². The second-order valence-electron chi connectivity index (χ2n) is 1.46. The Balaban J connectivity index is 0. The molecule has 0 aliphatic rings. The Bertz CT molecular complexity index is 135. The van der Waals surface area contributed by atoms with Gasteiger partial charge in [-0.15, -0.1) is 0 Å². The van der Waals surface area contributed by atoms with Crippen molar-refractivity contribution in [2.24, 2.45) is 0 Å². The number of carboxylic acid groups (broad SMARTS) is 1. The van der Waals surface area contributed by atoms with E-state index in [4.69, 9.17) is 5.11 Å². The number of hydrogen-bond donors (Lipinski definition) is 2. The summed E-state index contributed by atoms with van der Waals surface area (Å²) < 4.78 is 8.55. The minimum Gasteiger partial charge on any atom is -0.480 e. The van der Waals surface area contributed by atoms with Crippen LogP contribution < -0.4 is 6.15 Å². The molecular weight excluding hydrogens is 154 g/mol. The van der Waals surface area contributed by atoms with Crippen molar-refractivity contribution in [3.63, 3.8) is 0 Å². The lowest BCUT2D eigenvalue weighted by atomic mass is 10.7. The average molecular weight is 166 g/mol. The number of aliphatic carboxylic acids is 1. The van der Waals surface area contributed by atoms with E-state index in [0.717, 1.165) is 0 Å². The zero-order valence-electron chi connectivity index (χ0n) is 6.49. The summed E-state index contributed by atoms with van der Waals surface area (Å²) in [6.07, 6.45) is 0. The Morgan fingerprint density at radius 1 is 1.36 bits per heavy atom. The number of carbonyl (C=O) groups is 2. The van der Waals surface area contributed by atoms with Crippen molar-refractivity contribution in [2.45, 2.75) is 0 Å². The van der Waals surface area contributed by atoms with Gasteiger partial charge in [-0.1, -0.05) is 0 Å². The molecule has 0 aliphatic carbocycles. The highest BCUT2D eigenvalue weighted by molar-refractivity contribution is 5.72. The second kappa shape index (κ2) is 6.97. The molecule has 6 heteroatoms. The molecule has 0 radical (unpaired) electrons. The van der Waals surface area contributed by atoms with Gasteiger partial charge in [0, 0.05) is 0 Å². The maximum absolute atomic E-state index is 10.3. The first-order valence-electron chi connectivity index (χ1n) is 2.53. The zero-order valence-corrected chi connectivity index (χ0v) is 6.49. The van der Waals surface area contributed by atoms with E-state index < -0.39 is 18.5 Å². The molecule has 11 heavy (non-hydrogen) atoms. The molecule has 0 saturated carbocycles. The summed E-state index contributed by atoms with van der Waals surface area (Å²) in [5, 5.41) is 8.02. The molecule has 0 aliphatic heterocycles. The second-order valence-corrected chi connectivity index (χ2v) is 1.46. The molecule has 0 amide bonds. The lowest BCUT2D eigenvalue weighted by molar-refractivity contribution is -0.150. The summed E-state index contributed by atoms with van der Waals surface area (Å²) in [4.78, 5) is 20.0. The SMILES string of the molecule is COC(=O)COCC(=O)O.[NH4+]. The van der Waals surface area contributed by atoms with Gasteiger partial charge in [0.1, 0.15) is 13.2 Å². The summed E-state index contributed by atoms with van der Waals surface area (Å²) in [5.41, 5.74) is 0. The number of hydrogen-bond acceptors (Lipinski definition) is 4. The molecule has 0 aromatic carbocycles. The molecule has 66 valence electrons. The highest BCUT2D eigenvalue weighted by Gasteiger charge is 2.01. The summed E-state index contributed by atoms with van der Waals surface area (Å²) in [5.74, 6) is -1.69. The van der Waals surface area contributed by atoms with Crippen molar-refractivity contribution in [1.29, 1.82) is 0 Å². The van der Waals surface area contributed by atoms with Gasteiger partial charge < -0.3 is 20.7 Å². The summed E-state index contributed by atoms with van der Waals surface area (Å²) in [6.45, 7) is -0.794. The number of rotatable bonds is 4. The van der Waals surface area contributed by atoms with Crippen LogP contribution in [0.25, 0.3) is 0 Å². The fraction of sp³-hybridized carbons (Fsp3) is 0.600. The minimum absolute atomic E-state index is 0. The van der Waals surface area contributed by atoms with E-state index in [9.17, 15) is 9.59 Å². The van der Waals surface area contributed by atoms with Gasteiger partial charge in [-0.25, -0.2) is 9.59 Å². The molecule has 0 rings (SSSR count). The van der Waals surface area contributed by atoms with E-state index in [0.29, 0.717) is 0 Å². The Labute approximate surface area is 63.7 Å². The topological polar surface area (TPSA) is 109 Å². The Morgan fingerprint density at radius 2 is 1.91 bits per heavy atom. The molecular formula is C5H12NO5+. The lowest BCUT2D eigenvalue weighted by Crippen LogP contribution is -2.14. The number of methoxy groups -OCH3 is 1. The van der Waals surface area contributed by atoms with Crippen LogP contribution in [0.4, 0.5) is 0 Å². The predicted octanol–water partition coefficient (Wildman–Crippen LogP) is -0.363. The van der Waals surface area contributed by atoms with E-state index in [-0.39, 0.29) is 12.8 Å². The summed E-state index contributed by atoms with van der Waals surface area (Å²) >= 11 is 0. The number of carbonyl (C=O) groups excluding carboxylic acids is 1. The van der Waals surface area contributed by atoms with Crippen molar-refractivity contribution in [2.75, 3.05) is 20.3 Å². The Hall–Kier alpha value is -1.14. The first-order chi connectivity index (χ1) is 4.66. The van der Waals surface area contributed by atoms with Crippen molar-refractivity contribution >= 4 is 11.9 Å². The smallest absolute Gasteiger partial charge is 0.331 e. The van der Waals surface area contributed by atoms with Gasteiger partial charge in [-0.05, 0) is 0 Å². The molecule has 0 spiro atoms. The van der Waals surface area contributed by atoms with Crippen molar-refractivity contribution in [3.05, 3.63) is 0 Å². The molecule has 0 fully saturated rings. The van der Waals surface area contributed by atoms with Gasteiger partial charge in [0.25, 0.3) is 0 Å². The van der Waals surface area contributed by atoms with E-state index >= 15 is 0 Å². The first-order valence-corrected chi connectivity index (χ1v) is 2.53. The molecule has 0 unspecified atom stereocenters. The van der Waals surface area contributed by atoms with Gasteiger partial charge in [0.2, 0.25) is 0 Å². The third-order valence-corrected chi connectivity index (χ3v) is 0.673. The van der Waals surface area contributed by atoms with Gasteiger partial charge >= 0.3 is 11.9 Å². The molecule has 6 nitrogen and oxygen atoms in total. The average Bonchev–Trinajstić information content (AvgIpc) is 1.87. The van der Waals surface area contributed by atoms with Crippen LogP contribution in [0.1, 0.15) is 0 Å². The molecule has 0 atom stereocenters. The number of carboxylic acids is 1. The third-order valence-electron chi connectivity index (χ3n) is 0.673. The van der Waals surface area contributed by atoms with Gasteiger partial charge in [0.05, 0.1) is 7.11 Å². The van der Waals surface area contributed by atoms with Crippen LogP contribution in [0.15, 0.2) is 0 Å². The van der Waals surface area contributed by atoms with E-state index in [1.54, 1.807) is 0 Å². The van der Waals surface area contributed by atoms with Gasteiger partial charge in [0.15, 0.2) is 0 Å². The minimum atomic E-state index is -1.11. The molecule has 0 saturated heterocycles. The van der Waals surface area contributed by atoms with E-state index in [1.807, 2.05) is 0 Å². The monoisotopic (exact) mass is 166 g/mol. The van der Waals surface area contributed by atoms with Crippen molar-refractivity contribution in [1.82, 2.24) is 6.15 Å². The van der Waals surface area contributed by atoms with Crippen LogP contribution in [0, 0.1) is 0 Å². The van der Waals surface area contributed by atoms with Gasteiger partial charge in [-0.3, -0.25) is 0 Å². The van der Waals surface area contributed by atoms with Crippen LogP contribution in [0.2, 0.25) is 0 Å². The molecule has 0 heterocycles. The number of esters is 1. The van der Waals surface area contributed by atoms with Gasteiger partial charge in [-0.2, -0.15) is 0 Å². The highest BCUT2D eigenvalue weighted by Crippen LogP contribution is 1.77. The number of ether oxygens (including phenoxy) is 2. The largest absolute Gasteiger partial charge is 0.480 e. The van der Waals surface area contributed by atoms with Crippen LogP contribution >= 0.6 is 0 Å². The Kier molecular flexibility index (Phi) is 7.94. The molecule has 0 aromatic rings. The quantitative estimate of drug-likeness (QED) is 0.554. The fourth-order valence-electron chi connectivity index (χ4n) is 0.281. The van der Waals surface area contributed by atoms with Crippen LogP contribution in [0.3, 0.4) is 0 Å². The normalized spacial score (nSPS) is 8.09. The maximum atomic E-state index is 10.3. The fourth-order valence-corrected chi connectivity index (χ4v) is 0.281.